The van der Waals surface area contributed by atoms with Crippen LogP contribution >= 0.6 is 0 Å². The van der Waals surface area contributed by atoms with Crippen molar-refractivity contribution in [1.29, 1.82) is 0 Å². The number of benzene rings is 2. The fourth-order valence-corrected chi connectivity index (χ4v) is 3.92. The van der Waals surface area contributed by atoms with Crippen LogP contribution in [-0.2, 0) is 0 Å². The highest BCUT2D eigenvalue weighted by Gasteiger charge is 2.26. The van der Waals surface area contributed by atoms with Crippen molar-refractivity contribution in [1.82, 2.24) is 9.88 Å². The minimum Gasteiger partial charge on any atom is -0.362 e. The number of anilines is 1. The topological polar surface area (TPSA) is 82.5 Å². The Morgan fingerprint density at radius 1 is 1.07 bits per heavy atom. The summed E-state index contributed by atoms with van der Waals surface area (Å²) in [4.78, 5) is 30.9. The Bertz CT molecular complexity index is 1060. The van der Waals surface area contributed by atoms with Crippen LogP contribution in [0, 0.1) is 24.0 Å². The number of rotatable bonds is 3. The molecule has 1 amide bonds. The van der Waals surface area contributed by atoms with Crippen molar-refractivity contribution < 1.29 is 9.72 Å². The molecule has 0 atom stereocenters. The van der Waals surface area contributed by atoms with E-state index in [4.69, 9.17) is 0 Å². The van der Waals surface area contributed by atoms with E-state index in [-0.39, 0.29) is 16.5 Å². The third-order valence-electron chi connectivity index (χ3n) is 5.31. The number of aromatic amines is 1. The second kappa shape index (κ2) is 6.99. The van der Waals surface area contributed by atoms with E-state index in [1.54, 1.807) is 23.1 Å². The molecule has 4 rings (SSSR count). The third-order valence-corrected chi connectivity index (χ3v) is 5.31. The largest absolute Gasteiger partial charge is 0.362 e. The van der Waals surface area contributed by atoms with E-state index >= 15 is 0 Å². The highest BCUT2D eigenvalue weighted by Crippen LogP contribution is 2.29. The summed E-state index contributed by atoms with van der Waals surface area (Å²) in [5.74, 6) is -0.0320. The minimum atomic E-state index is -0.359. The molecule has 2 heterocycles. The number of amides is 1. The van der Waals surface area contributed by atoms with Gasteiger partial charge in [-0.05, 0) is 43.2 Å². The molecule has 144 valence electrons. The Morgan fingerprint density at radius 3 is 2.50 bits per heavy atom. The van der Waals surface area contributed by atoms with Crippen molar-refractivity contribution in [3.63, 3.8) is 0 Å². The van der Waals surface area contributed by atoms with Gasteiger partial charge in [0.2, 0.25) is 0 Å². The maximum absolute atomic E-state index is 13.0. The molecule has 1 aliphatic heterocycles. The summed E-state index contributed by atoms with van der Waals surface area (Å²) in [6.07, 6.45) is 0. The van der Waals surface area contributed by atoms with Crippen LogP contribution in [0.15, 0.2) is 42.5 Å². The highest BCUT2D eigenvalue weighted by molar-refractivity contribution is 5.99. The molecule has 0 bridgehead atoms. The van der Waals surface area contributed by atoms with Crippen molar-refractivity contribution >= 4 is 28.2 Å². The average molecular weight is 378 g/mol. The first kappa shape index (κ1) is 18.0. The second-order valence-electron chi connectivity index (χ2n) is 7.25. The summed E-state index contributed by atoms with van der Waals surface area (Å²) in [6.45, 7) is 6.26. The van der Waals surface area contributed by atoms with Gasteiger partial charge >= 0.3 is 0 Å². The third kappa shape index (κ3) is 3.19. The molecular formula is C21H22N4O3. The fourth-order valence-electron chi connectivity index (χ4n) is 3.92. The van der Waals surface area contributed by atoms with E-state index in [0.717, 1.165) is 22.0 Å². The molecule has 1 aromatic heterocycles. The molecule has 28 heavy (non-hydrogen) atoms. The van der Waals surface area contributed by atoms with E-state index in [2.05, 4.69) is 11.1 Å². The maximum atomic E-state index is 13.0. The Hall–Kier alpha value is -3.35. The Balaban J connectivity index is 1.51. The molecule has 3 aromatic rings. The van der Waals surface area contributed by atoms with Gasteiger partial charge in [-0.3, -0.25) is 14.9 Å². The van der Waals surface area contributed by atoms with Gasteiger partial charge in [-0.1, -0.05) is 18.2 Å². The van der Waals surface area contributed by atoms with E-state index in [9.17, 15) is 14.9 Å². The fraction of sp³-hybridized carbons (Fsp3) is 0.286. The summed E-state index contributed by atoms with van der Waals surface area (Å²) in [5, 5.41) is 12.3. The van der Waals surface area contributed by atoms with Gasteiger partial charge in [0, 0.05) is 43.1 Å². The molecule has 0 aliphatic carbocycles. The molecule has 0 spiro atoms. The zero-order chi connectivity index (χ0) is 19.8. The summed E-state index contributed by atoms with van der Waals surface area (Å²) in [6, 6.07) is 12.8. The smallest absolute Gasteiger partial charge is 0.292 e. The van der Waals surface area contributed by atoms with Crippen LogP contribution in [0.3, 0.4) is 0 Å². The quantitative estimate of drug-likeness (QED) is 0.557. The Morgan fingerprint density at radius 2 is 1.79 bits per heavy atom. The number of carbonyl (C=O) groups is 1. The first-order valence-corrected chi connectivity index (χ1v) is 9.31. The molecule has 1 saturated heterocycles. The number of aryl methyl sites for hydroxylation is 2. The number of hydrogen-bond donors (Lipinski definition) is 1. The van der Waals surface area contributed by atoms with Gasteiger partial charge in [0.05, 0.1) is 4.92 Å². The van der Waals surface area contributed by atoms with Crippen LogP contribution in [0.2, 0.25) is 0 Å². The minimum absolute atomic E-state index is 0.0320. The predicted octanol–water partition coefficient (Wildman–Crippen LogP) is 3.66. The zero-order valence-electron chi connectivity index (χ0n) is 15.9. The van der Waals surface area contributed by atoms with Gasteiger partial charge < -0.3 is 14.8 Å². The standard InChI is InChI=1S/C21H22N4O3/c1-14-11-15(2)16-13-18(22-17(16)12-14)21(26)24-9-7-23(8-10-24)19-5-3-4-6-20(19)25(27)28/h3-6,11-13,22H,7-10H2,1-2H3. The number of hydrogen-bond acceptors (Lipinski definition) is 4. The molecule has 1 aliphatic rings. The van der Waals surface area contributed by atoms with Crippen molar-refractivity contribution in [2.75, 3.05) is 31.1 Å². The van der Waals surface area contributed by atoms with E-state index in [0.29, 0.717) is 37.6 Å². The number of nitrogens with one attached hydrogen (secondary N) is 1. The molecule has 0 radical (unpaired) electrons. The number of carbonyl (C=O) groups excluding carboxylic acids is 1. The van der Waals surface area contributed by atoms with Gasteiger partial charge in [-0.25, -0.2) is 0 Å². The molecule has 0 saturated carbocycles. The van der Waals surface area contributed by atoms with Gasteiger partial charge in [0.1, 0.15) is 11.4 Å². The number of nitrogens with zero attached hydrogens (tertiary/aromatic N) is 3. The van der Waals surface area contributed by atoms with Crippen LogP contribution < -0.4 is 4.90 Å². The summed E-state index contributed by atoms with van der Waals surface area (Å²) in [5.41, 5.74) is 4.57. The summed E-state index contributed by atoms with van der Waals surface area (Å²) < 4.78 is 0. The van der Waals surface area contributed by atoms with Gasteiger partial charge in [0.25, 0.3) is 11.6 Å². The number of nitro benzene ring substituents is 1. The normalized spacial score (nSPS) is 14.5. The summed E-state index contributed by atoms with van der Waals surface area (Å²) >= 11 is 0. The molecule has 2 aromatic carbocycles. The molecule has 1 fully saturated rings. The van der Waals surface area contributed by atoms with Crippen molar-refractivity contribution in [2.24, 2.45) is 0 Å². The van der Waals surface area contributed by atoms with E-state index in [1.165, 1.54) is 6.07 Å². The lowest BCUT2D eigenvalue weighted by molar-refractivity contribution is -0.384. The maximum Gasteiger partial charge on any atom is 0.292 e. The first-order valence-electron chi connectivity index (χ1n) is 9.31. The van der Waals surface area contributed by atoms with Crippen LogP contribution in [0.1, 0.15) is 21.6 Å². The first-order chi connectivity index (χ1) is 13.4. The van der Waals surface area contributed by atoms with Crippen LogP contribution in [0.5, 0.6) is 0 Å². The second-order valence-corrected chi connectivity index (χ2v) is 7.25. The molecular weight excluding hydrogens is 356 g/mol. The number of para-hydroxylation sites is 2. The van der Waals surface area contributed by atoms with Gasteiger partial charge in [-0.2, -0.15) is 0 Å². The molecule has 1 N–H and O–H groups in total. The monoisotopic (exact) mass is 378 g/mol. The average Bonchev–Trinajstić information content (AvgIpc) is 3.12. The van der Waals surface area contributed by atoms with Crippen LogP contribution in [-0.4, -0.2) is 46.9 Å². The van der Waals surface area contributed by atoms with Crippen molar-refractivity contribution in [2.45, 2.75) is 13.8 Å². The molecule has 0 unspecified atom stereocenters. The summed E-state index contributed by atoms with van der Waals surface area (Å²) in [7, 11) is 0. The predicted molar refractivity (Wildman–Crippen MR) is 109 cm³/mol. The Labute approximate surface area is 162 Å². The number of H-pyrrole nitrogens is 1. The number of nitro groups is 1. The number of aromatic nitrogens is 1. The lowest BCUT2D eigenvalue weighted by atomic mass is 10.1. The van der Waals surface area contributed by atoms with Crippen molar-refractivity contribution in [3.8, 4) is 0 Å². The van der Waals surface area contributed by atoms with Gasteiger partial charge in [0.15, 0.2) is 0 Å². The van der Waals surface area contributed by atoms with Crippen molar-refractivity contribution in [3.05, 3.63) is 69.4 Å². The van der Waals surface area contributed by atoms with Crippen LogP contribution in [0.4, 0.5) is 11.4 Å². The van der Waals surface area contributed by atoms with E-state index < -0.39 is 0 Å². The Kier molecular flexibility index (Phi) is 4.50. The van der Waals surface area contributed by atoms with Gasteiger partial charge in [-0.15, -0.1) is 0 Å². The number of fused-ring (bicyclic) bond motifs is 1. The number of piperazine rings is 1. The zero-order valence-corrected chi connectivity index (χ0v) is 15.9. The highest BCUT2D eigenvalue weighted by atomic mass is 16.6. The SMILES string of the molecule is Cc1cc(C)c2cc(C(=O)N3CCN(c4ccccc4[N+](=O)[O-])CC3)[nH]c2c1. The van der Waals surface area contributed by atoms with E-state index in [1.807, 2.05) is 30.9 Å². The lowest BCUT2D eigenvalue weighted by Crippen LogP contribution is -2.49. The van der Waals surface area contributed by atoms with Crippen LogP contribution in [0.25, 0.3) is 10.9 Å². The lowest BCUT2D eigenvalue weighted by Gasteiger charge is -2.35. The molecule has 7 nitrogen and oxygen atoms in total. The molecule has 7 heteroatoms.